The van der Waals surface area contributed by atoms with Crippen LogP contribution in [0.5, 0.6) is 0 Å². The molecule has 0 amide bonds. The van der Waals surface area contributed by atoms with Crippen molar-refractivity contribution < 1.29 is 21.2 Å². The fourth-order valence-corrected chi connectivity index (χ4v) is 6.24. The van der Waals surface area contributed by atoms with E-state index < -0.39 is 35.3 Å². The van der Waals surface area contributed by atoms with Crippen LogP contribution in [0.4, 0.5) is 4.39 Å². The minimum atomic E-state index is -4.37. The number of benzene rings is 3. The number of rotatable bonds is 5. The van der Waals surface area contributed by atoms with Crippen molar-refractivity contribution >= 4 is 19.7 Å². The molecule has 0 radical (unpaired) electrons. The van der Waals surface area contributed by atoms with E-state index in [1.54, 1.807) is 12.1 Å². The highest BCUT2D eigenvalue weighted by molar-refractivity contribution is 7.94. The second kappa shape index (κ2) is 7.48. The zero-order valence-corrected chi connectivity index (χ0v) is 17.0. The minimum absolute atomic E-state index is 0.0203. The highest BCUT2D eigenvalue weighted by Gasteiger charge is 2.30. The molecule has 0 bridgehead atoms. The molecule has 4 nitrogen and oxygen atoms in total. The van der Waals surface area contributed by atoms with Gasteiger partial charge in [-0.3, -0.25) is 0 Å². The fraction of sp³-hybridized carbons (Fsp3) is 0.143. The van der Waals surface area contributed by atoms with Gasteiger partial charge in [-0.25, -0.2) is 21.2 Å². The van der Waals surface area contributed by atoms with E-state index in [2.05, 4.69) is 0 Å². The molecule has 0 heterocycles. The van der Waals surface area contributed by atoms with Gasteiger partial charge in [0.2, 0.25) is 19.7 Å². The molecule has 0 aliphatic carbocycles. The van der Waals surface area contributed by atoms with E-state index in [0.717, 1.165) is 17.7 Å². The van der Waals surface area contributed by atoms with Gasteiger partial charge in [-0.05, 0) is 47.9 Å². The van der Waals surface area contributed by atoms with E-state index in [0.29, 0.717) is 0 Å². The molecule has 0 aliphatic rings. The summed E-state index contributed by atoms with van der Waals surface area (Å²) in [6.45, 7) is 3.97. The molecule has 7 heteroatoms. The second-order valence-electron chi connectivity index (χ2n) is 6.61. The van der Waals surface area contributed by atoms with Crippen molar-refractivity contribution in [3.8, 4) is 0 Å². The van der Waals surface area contributed by atoms with Gasteiger partial charge >= 0.3 is 0 Å². The molecule has 3 aromatic rings. The fourth-order valence-electron chi connectivity index (χ4n) is 2.83. The third kappa shape index (κ3) is 3.59. The van der Waals surface area contributed by atoms with E-state index in [1.807, 2.05) is 13.8 Å². The molecule has 3 rings (SSSR count). The smallest absolute Gasteiger partial charge is 0.210 e. The number of hydrogen-bond acceptors (Lipinski definition) is 4. The standard InChI is InChI=1S/C21H19FO4S2/c1-15(2)16-11-13-17(14-12-16)27(23,24)20-9-5-6-10-21(20)28(25,26)19-8-4-3-7-18(19)22/h3-15H,1-2H3. The van der Waals surface area contributed by atoms with Crippen LogP contribution in [0.15, 0.2) is 92.4 Å². The van der Waals surface area contributed by atoms with Crippen molar-refractivity contribution in [1.82, 2.24) is 0 Å². The Morgan fingerprint density at radius 2 is 1.11 bits per heavy atom. The number of halogens is 1. The van der Waals surface area contributed by atoms with Crippen LogP contribution in [0.25, 0.3) is 0 Å². The lowest BCUT2D eigenvalue weighted by atomic mass is 10.0. The normalized spacial score (nSPS) is 12.3. The zero-order valence-electron chi connectivity index (χ0n) is 15.3. The van der Waals surface area contributed by atoms with E-state index in [9.17, 15) is 21.2 Å². The number of sulfone groups is 2. The molecular weight excluding hydrogens is 399 g/mol. The molecule has 0 saturated carbocycles. The van der Waals surface area contributed by atoms with Crippen molar-refractivity contribution in [2.24, 2.45) is 0 Å². The monoisotopic (exact) mass is 418 g/mol. The van der Waals surface area contributed by atoms with Crippen LogP contribution in [0.1, 0.15) is 25.3 Å². The molecular formula is C21H19FO4S2. The molecule has 0 aromatic heterocycles. The van der Waals surface area contributed by atoms with Gasteiger partial charge in [0, 0.05) is 0 Å². The quantitative estimate of drug-likeness (QED) is 0.607. The van der Waals surface area contributed by atoms with Crippen molar-refractivity contribution in [3.63, 3.8) is 0 Å². The molecule has 0 spiro atoms. The maximum absolute atomic E-state index is 14.1. The molecule has 0 unspecified atom stereocenters. The molecule has 146 valence electrons. The van der Waals surface area contributed by atoms with Crippen LogP contribution in [0.3, 0.4) is 0 Å². The Morgan fingerprint density at radius 1 is 0.643 bits per heavy atom. The maximum Gasteiger partial charge on any atom is 0.210 e. The van der Waals surface area contributed by atoms with E-state index in [4.69, 9.17) is 0 Å². The summed E-state index contributed by atoms with van der Waals surface area (Å²) >= 11 is 0. The first-order chi connectivity index (χ1) is 13.2. The Balaban J connectivity index is 2.18. The molecule has 0 N–H and O–H groups in total. The Hall–Kier alpha value is -2.51. The summed E-state index contributed by atoms with van der Waals surface area (Å²) in [4.78, 5) is -1.41. The third-order valence-corrected chi connectivity index (χ3v) is 8.21. The van der Waals surface area contributed by atoms with Gasteiger partial charge < -0.3 is 0 Å². The van der Waals surface area contributed by atoms with Crippen LogP contribution in [-0.2, 0) is 19.7 Å². The van der Waals surface area contributed by atoms with Gasteiger partial charge in [0.25, 0.3) is 0 Å². The lowest BCUT2D eigenvalue weighted by Crippen LogP contribution is -2.12. The summed E-state index contributed by atoms with van der Waals surface area (Å²) in [5.74, 6) is -0.707. The highest BCUT2D eigenvalue weighted by atomic mass is 32.2. The molecule has 0 fully saturated rings. The van der Waals surface area contributed by atoms with E-state index in [1.165, 1.54) is 48.5 Å². The summed E-state index contributed by atoms with van der Waals surface area (Å²) < 4.78 is 66.4. The predicted octanol–water partition coefficient (Wildman–Crippen LogP) is 4.61. The van der Waals surface area contributed by atoms with E-state index in [-0.39, 0.29) is 15.7 Å². The summed E-state index contributed by atoms with van der Waals surface area (Å²) in [5.41, 5.74) is 0.964. The highest BCUT2D eigenvalue weighted by Crippen LogP contribution is 2.32. The summed E-state index contributed by atoms with van der Waals surface area (Å²) in [5, 5.41) is 0. The first-order valence-electron chi connectivity index (χ1n) is 8.59. The van der Waals surface area contributed by atoms with Crippen molar-refractivity contribution in [2.75, 3.05) is 0 Å². The Labute approximate surface area is 164 Å². The van der Waals surface area contributed by atoms with Crippen LogP contribution in [0.2, 0.25) is 0 Å². The largest absolute Gasteiger partial charge is 0.218 e. The van der Waals surface area contributed by atoms with Crippen LogP contribution in [-0.4, -0.2) is 16.8 Å². The number of hydrogen-bond donors (Lipinski definition) is 0. The van der Waals surface area contributed by atoms with Gasteiger partial charge in [0.1, 0.15) is 10.7 Å². The predicted molar refractivity (Wildman–Crippen MR) is 104 cm³/mol. The van der Waals surface area contributed by atoms with Gasteiger partial charge in [0.15, 0.2) is 0 Å². The van der Waals surface area contributed by atoms with Crippen LogP contribution in [0, 0.1) is 5.82 Å². The molecule has 28 heavy (non-hydrogen) atoms. The maximum atomic E-state index is 14.1. The van der Waals surface area contributed by atoms with Crippen molar-refractivity contribution in [2.45, 2.75) is 39.3 Å². The SMILES string of the molecule is CC(C)c1ccc(S(=O)(=O)c2ccccc2S(=O)(=O)c2ccccc2F)cc1. The van der Waals surface area contributed by atoms with Crippen molar-refractivity contribution in [1.29, 1.82) is 0 Å². The van der Waals surface area contributed by atoms with Crippen LogP contribution < -0.4 is 0 Å². The average Bonchev–Trinajstić information content (AvgIpc) is 2.68. The van der Waals surface area contributed by atoms with Gasteiger partial charge in [0.05, 0.1) is 14.7 Å². The zero-order chi connectivity index (χ0) is 20.5. The van der Waals surface area contributed by atoms with Gasteiger partial charge in [-0.1, -0.05) is 50.2 Å². The summed E-state index contributed by atoms with van der Waals surface area (Å²) in [6, 6.07) is 16.5. The Kier molecular flexibility index (Phi) is 5.41. The lowest BCUT2D eigenvalue weighted by Gasteiger charge is -2.13. The first kappa shape index (κ1) is 20.2. The Morgan fingerprint density at radius 3 is 1.61 bits per heavy atom. The summed E-state index contributed by atoms with van der Waals surface area (Å²) in [7, 11) is -8.48. The van der Waals surface area contributed by atoms with E-state index >= 15 is 0 Å². The third-order valence-electron chi connectivity index (χ3n) is 4.41. The first-order valence-corrected chi connectivity index (χ1v) is 11.6. The summed E-state index contributed by atoms with van der Waals surface area (Å²) in [6.07, 6.45) is 0. The lowest BCUT2D eigenvalue weighted by molar-refractivity contribution is 0.562. The second-order valence-corrected chi connectivity index (χ2v) is 10.4. The average molecular weight is 419 g/mol. The molecule has 0 saturated heterocycles. The van der Waals surface area contributed by atoms with Gasteiger partial charge in [-0.2, -0.15) is 0 Å². The topological polar surface area (TPSA) is 68.3 Å². The van der Waals surface area contributed by atoms with Crippen molar-refractivity contribution in [3.05, 3.63) is 84.2 Å². The van der Waals surface area contributed by atoms with Crippen LogP contribution >= 0.6 is 0 Å². The molecule has 0 atom stereocenters. The minimum Gasteiger partial charge on any atom is -0.218 e. The molecule has 3 aromatic carbocycles. The molecule has 0 aliphatic heterocycles. The van der Waals surface area contributed by atoms with Gasteiger partial charge in [-0.15, -0.1) is 0 Å². The Bertz CT molecular complexity index is 1210.